The molecule has 2 aromatic carbocycles. The number of aryl methyl sites for hydroxylation is 1. The second-order valence-corrected chi connectivity index (χ2v) is 5.53. The molecule has 0 radical (unpaired) electrons. The maximum atomic E-state index is 12.4. The lowest BCUT2D eigenvalue weighted by molar-refractivity contribution is 0.102. The van der Waals surface area contributed by atoms with Gasteiger partial charge in [-0.3, -0.25) is 10.2 Å². The van der Waals surface area contributed by atoms with Crippen LogP contribution in [0.15, 0.2) is 46.9 Å². The van der Waals surface area contributed by atoms with E-state index in [2.05, 4.69) is 5.32 Å². The smallest absolute Gasteiger partial charge is 0.261 e. The molecule has 0 unspecified atom stereocenters. The summed E-state index contributed by atoms with van der Waals surface area (Å²) in [6.07, 6.45) is 0. The lowest BCUT2D eigenvalue weighted by Gasteiger charge is -2.09. The molecule has 1 amide bonds. The van der Waals surface area contributed by atoms with Crippen LogP contribution in [0.2, 0.25) is 5.02 Å². The van der Waals surface area contributed by atoms with E-state index in [-0.39, 0.29) is 22.5 Å². The summed E-state index contributed by atoms with van der Waals surface area (Å²) in [5.74, 6) is -0.553. The van der Waals surface area contributed by atoms with Crippen molar-refractivity contribution < 1.29 is 14.3 Å². The maximum Gasteiger partial charge on any atom is 0.261 e. The number of aromatic hydroxyl groups is 1. The standard InChI is InChI=1S/C17H13ClN2O3/c1-9-5-6-11(18)8-13(9)20-17(22)12-7-10-3-2-4-14(21)15(10)23-16(12)19/h2-8,19,21H,1H3,(H,20,22). The second kappa shape index (κ2) is 5.78. The molecule has 3 aromatic rings. The molecule has 0 saturated heterocycles. The molecule has 6 heteroatoms. The first kappa shape index (κ1) is 15.1. The lowest BCUT2D eigenvalue weighted by Crippen LogP contribution is -2.21. The zero-order valence-corrected chi connectivity index (χ0v) is 12.9. The van der Waals surface area contributed by atoms with E-state index in [4.69, 9.17) is 21.4 Å². The summed E-state index contributed by atoms with van der Waals surface area (Å²) in [4.78, 5) is 12.4. The zero-order chi connectivity index (χ0) is 16.6. The van der Waals surface area contributed by atoms with E-state index in [1.165, 1.54) is 12.1 Å². The minimum Gasteiger partial charge on any atom is -0.504 e. The summed E-state index contributed by atoms with van der Waals surface area (Å²) in [7, 11) is 0. The van der Waals surface area contributed by atoms with Crippen molar-refractivity contribution in [2.45, 2.75) is 6.92 Å². The molecule has 5 nitrogen and oxygen atoms in total. The van der Waals surface area contributed by atoms with Gasteiger partial charge in [-0.1, -0.05) is 29.8 Å². The predicted molar refractivity (Wildman–Crippen MR) is 87.9 cm³/mol. The Labute approximate surface area is 136 Å². The number of anilines is 1. The highest BCUT2D eigenvalue weighted by molar-refractivity contribution is 6.31. The van der Waals surface area contributed by atoms with Crippen LogP contribution in [0.3, 0.4) is 0 Å². The monoisotopic (exact) mass is 328 g/mol. The molecule has 1 aromatic heterocycles. The fourth-order valence-corrected chi connectivity index (χ4v) is 2.40. The number of nitrogens with one attached hydrogen (secondary N) is 2. The van der Waals surface area contributed by atoms with E-state index < -0.39 is 5.91 Å². The first-order chi connectivity index (χ1) is 11.0. The third-order valence-corrected chi connectivity index (χ3v) is 3.70. The van der Waals surface area contributed by atoms with Crippen LogP contribution in [0, 0.1) is 12.3 Å². The van der Waals surface area contributed by atoms with E-state index in [9.17, 15) is 9.90 Å². The molecule has 0 atom stereocenters. The topological polar surface area (TPSA) is 86.3 Å². The highest BCUT2D eigenvalue weighted by Crippen LogP contribution is 2.24. The van der Waals surface area contributed by atoms with Crippen molar-refractivity contribution >= 4 is 34.2 Å². The summed E-state index contributed by atoms with van der Waals surface area (Å²) in [5.41, 5.74) is 1.34. The van der Waals surface area contributed by atoms with Crippen molar-refractivity contribution in [3.8, 4) is 5.75 Å². The number of amides is 1. The van der Waals surface area contributed by atoms with Gasteiger partial charge in [-0.2, -0.15) is 0 Å². The Hall–Kier alpha value is -2.79. The van der Waals surface area contributed by atoms with Crippen molar-refractivity contribution in [1.29, 1.82) is 5.41 Å². The number of rotatable bonds is 2. The fourth-order valence-electron chi connectivity index (χ4n) is 2.23. The van der Waals surface area contributed by atoms with Crippen molar-refractivity contribution in [3.63, 3.8) is 0 Å². The summed E-state index contributed by atoms with van der Waals surface area (Å²) in [5, 5.41) is 21.4. The molecule has 3 N–H and O–H groups in total. The van der Waals surface area contributed by atoms with Crippen LogP contribution in [0.5, 0.6) is 5.75 Å². The van der Waals surface area contributed by atoms with E-state index in [0.29, 0.717) is 16.1 Å². The van der Waals surface area contributed by atoms with Crippen LogP contribution in [0.1, 0.15) is 15.9 Å². The number of fused-ring (bicyclic) bond motifs is 1. The first-order valence-corrected chi connectivity index (χ1v) is 7.21. The Morgan fingerprint density at radius 1 is 1.26 bits per heavy atom. The van der Waals surface area contributed by atoms with Gasteiger partial charge in [0, 0.05) is 16.1 Å². The van der Waals surface area contributed by atoms with Crippen molar-refractivity contribution in [1.82, 2.24) is 0 Å². The third kappa shape index (κ3) is 2.91. The molecular formula is C17H13ClN2O3. The van der Waals surface area contributed by atoms with Crippen LogP contribution in [0.4, 0.5) is 5.69 Å². The summed E-state index contributed by atoms with van der Waals surface area (Å²) in [6, 6.07) is 11.5. The number of phenolic OH excluding ortho intramolecular Hbond substituents is 1. The first-order valence-electron chi connectivity index (χ1n) is 6.83. The van der Waals surface area contributed by atoms with Crippen LogP contribution >= 0.6 is 11.6 Å². The van der Waals surface area contributed by atoms with Crippen LogP contribution < -0.4 is 10.9 Å². The van der Waals surface area contributed by atoms with E-state index in [0.717, 1.165) is 5.56 Å². The molecule has 1 heterocycles. The van der Waals surface area contributed by atoms with E-state index in [1.807, 2.05) is 6.92 Å². The Balaban J connectivity index is 2.03. The Bertz CT molecular complexity index is 979. The van der Waals surface area contributed by atoms with Gasteiger partial charge in [0.05, 0.1) is 0 Å². The number of halogens is 1. The average molecular weight is 329 g/mol. The highest BCUT2D eigenvalue weighted by atomic mass is 35.5. The minimum absolute atomic E-state index is 0.0717. The van der Waals surface area contributed by atoms with Gasteiger partial charge in [0.1, 0.15) is 5.56 Å². The summed E-state index contributed by atoms with van der Waals surface area (Å²) < 4.78 is 5.27. The van der Waals surface area contributed by atoms with Gasteiger partial charge >= 0.3 is 0 Å². The van der Waals surface area contributed by atoms with Gasteiger partial charge < -0.3 is 14.8 Å². The van der Waals surface area contributed by atoms with Gasteiger partial charge in [0.25, 0.3) is 5.91 Å². The molecule has 0 spiro atoms. The van der Waals surface area contributed by atoms with Crippen molar-refractivity contribution in [2.24, 2.45) is 0 Å². The van der Waals surface area contributed by atoms with Gasteiger partial charge in [-0.25, -0.2) is 0 Å². The molecule has 0 saturated carbocycles. The largest absolute Gasteiger partial charge is 0.504 e. The molecular weight excluding hydrogens is 316 g/mol. The van der Waals surface area contributed by atoms with Gasteiger partial charge in [-0.05, 0) is 36.8 Å². The van der Waals surface area contributed by atoms with Crippen LogP contribution in [-0.2, 0) is 0 Å². The minimum atomic E-state index is -0.477. The maximum absolute atomic E-state index is 12.4. The Morgan fingerprint density at radius 2 is 2.04 bits per heavy atom. The van der Waals surface area contributed by atoms with Crippen molar-refractivity contribution in [3.05, 3.63) is 64.2 Å². The van der Waals surface area contributed by atoms with Gasteiger partial charge in [0.2, 0.25) is 5.55 Å². The van der Waals surface area contributed by atoms with E-state index >= 15 is 0 Å². The third-order valence-electron chi connectivity index (χ3n) is 3.47. The Kier molecular flexibility index (Phi) is 3.80. The Morgan fingerprint density at radius 3 is 2.83 bits per heavy atom. The predicted octanol–water partition coefficient (Wildman–Crippen LogP) is 3.83. The second-order valence-electron chi connectivity index (χ2n) is 5.10. The molecule has 23 heavy (non-hydrogen) atoms. The number of carbonyl (C=O) groups excluding carboxylic acids is 1. The number of phenols is 1. The molecule has 116 valence electrons. The number of hydrogen-bond acceptors (Lipinski definition) is 4. The zero-order valence-electron chi connectivity index (χ0n) is 12.2. The SMILES string of the molecule is Cc1ccc(Cl)cc1NC(=O)c1cc2cccc(O)c2oc1=N. The average Bonchev–Trinajstić information content (AvgIpc) is 2.51. The molecule has 0 aliphatic heterocycles. The molecule has 0 aliphatic rings. The molecule has 0 aliphatic carbocycles. The van der Waals surface area contributed by atoms with Gasteiger partial charge in [0.15, 0.2) is 11.3 Å². The van der Waals surface area contributed by atoms with Crippen LogP contribution in [0.25, 0.3) is 11.0 Å². The van der Waals surface area contributed by atoms with Gasteiger partial charge in [-0.15, -0.1) is 0 Å². The number of para-hydroxylation sites is 1. The lowest BCUT2D eigenvalue weighted by atomic mass is 10.1. The molecule has 3 rings (SSSR count). The normalized spacial score (nSPS) is 10.7. The molecule has 0 bridgehead atoms. The summed E-state index contributed by atoms with van der Waals surface area (Å²) >= 11 is 5.94. The number of carbonyl (C=O) groups is 1. The quantitative estimate of drug-likeness (QED) is 0.668. The fraction of sp³-hybridized carbons (Fsp3) is 0.0588. The van der Waals surface area contributed by atoms with E-state index in [1.54, 1.807) is 30.3 Å². The van der Waals surface area contributed by atoms with Crippen molar-refractivity contribution in [2.75, 3.05) is 5.32 Å². The van der Waals surface area contributed by atoms with Crippen LogP contribution in [-0.4, -0.2) is 11.0 Å². The molecule has 0 fully saturated rings. The highest BCUT2D eigenvalue weighted by Gasteiger charge is 2.14. The number of benzene rings is 2. The summed E-state index contributed by atoms with van der Waals surface area (Å²) in [6.45, 7) is 1.84. The number of hydrogen-bond donors (Lipinski definition) is 3.